The largest absolute Gasteiger partial charge is 0.395 e. The molecule has 6 nitrogen and oxygen atoms in total. The first-order chi connectivity index (χ1) is 13.7. The van der Waals surface area contributed by atoms with Gasteiger partial charge in [-0.25, -0.2) is 0 Å². The van der Waals surface area contributed by atoms with Gasteiger partial charge in [0.1, 0.15) is 11.6 Å². The molecule has 2 aliphatic heterocycles. The van der Waals surface area contributed by atoms with Crippen LogP contribution in [0, 0.1) is 17.2 Å². The van der Waals surface area contributed by atoms with Gasteiger partial charge in [-0.05, 0) is 30.7 Å². The van der Waals surface area contributed by atoms with Gasteiger partial charge in [0.15, 0.2) is 0 Å². The molecule has 1 aromatic rings. The second kappa shape index (κ2) is 10.3. The van der Waals surface area contributed by atoms with Crippen molar-refractivity contribution in [3.63, 3.8) is 0 Å². The van der Waals surface area contributed by atoms with Crippen molar-refractivity contribution >= 4 is 5.91 Å². The molecule has 0 aliphatic carbocycles. The molecule has 0 aromatic heterocycles. The molecule has 1 aromatic carbocycles. The number of amides is 1. The van der Waals surface area contributed by atoms with E-state index in [1.807, 2.05) is 15.9 Å². The number of likely N-dealkylation sites (tertiary alicyclic amines) is 1. The first-order valence-corrected chi connectivity index (χ1v) is 10.2. The number of piperazine rings is 1. The number of hydrogen-bond acceptors (Lipinski definition) is 5. The molecule has 2 aliphatic rings. The van der Waals surface area contributed by atoms with Crippen LogP contribution < -0.4 is 0 Å². The number of aliphatic hydroxyl groups is 1. The van der Waals surface area contributed by atoms with Gasteiger partial charge in [-0.3, -0.25) is 9.69 Å². The van der Waals surface area contributed by atoms with Crippen LogP contribution in [0.5, 0.6) is 0 Å². The average molecular weight is 383 g/mol. The molecule has 2 saturated heterocycles. The van der Waals surface area contributed by atoms with Gasteiger partial charge >= 0.3 is 0 Å². The fraction of sp³-hybridized carbons (Fsp3) is 0.545. The molecule has 0 radical (unpaired) electrons. The Morgan fingerprint density at radius 1 is 1.11 bits per heavy atom. The van der Waals surface area contributed by atoms with Crippen molar-refractivity contribution in [1.29, 1.82) is 5.26 Å². The van der Waals surface area contributed by atoms with Gasteiger partial charge in [0.2, 0.25) is 0 Å². The quantitative estimate of drug-likeness (QED) is 0.596. The molecule has 0 unspecified atom stereocenters. The van der Waals surface area contributed by atoms with E-state index in [4.69, 9.17) is 5.11 Å². The summed E-state index contributed by atoms with van der Waals surface area (Å²) < 4.78 is 0. The topological polar surface area (TPSA) is 70.8 Å². The molecule has 0 atom stereocenters. The van der Waals surface area contributed by atoms with Crippen LogP contribution in [-0.4, -0.2) is 78.1 Å². The molecular formula is C22H30N4O2. The lowest BCUT2D eigenvalue weighted by Crippen LogP contribution is -2.45. The highest BCUT2D eigenvalue weighted by molar-refractivity contribution is 5.97. The SMILES string of the molecule is N#C/C(=C/N1CCN(CCO)CC1)C(=O)N1CCC(Cc2ccccc2)CC1. The van der Waals surface area contributed by atoms with Crippen molar-refractivity contribution in [1.82, 2.24) is 14.7 Å². The second-order valence-electron chi connectivity index (χ2n) is 7.68. The van der Waals surface area contributed by atoms with Gasteiger partial charge < -0.3 is 14.9 Å². The Bertz CT molecular complexity index is 697. The summed E-state index contributed by atoms with van der Waals surface area (Å²) in [7, 11) is 0. The summed E-state index contributed by atoms with van der Waals surface area (Å²) in [4.78, 5) is 18.9. The zero-order chi connectivity index (χ0) is 19.8. The van der Waals surface area contributed by atoms with Crippen LogP contribution in [0.15, 0.2) is 42.1 Å². The van der Waals surface area contributed by atoms with Gasteiger partial charge in [0.25, 0.3) is 5.91 Å². The molecule has 1 N–H and O–H groups in total. The molecule has 1 amide bonds. The number of carbonyl (C=O) groups excluding carboxylic acids is 1. The van der Waals surface area contributed by atoms with E-state index in [2.05, 4.69) is 35.2 Å². The fourth-order valence-electron chi connectivity index (χ4n) is 4.03. The molecule has 0 spiro atoms. The molecule has 2 heterocycles. The lowest BCUT2D eigenvalue weighted by Gasteiger charge is -2.34. The average Bonchev–Trinajstić information content (AvgIpc) is 2.74. The van der Waals surface area contributed by atoms with Gasteiger partial charge in [-0.15, -0.1) is 0 Å². The summed E-state index contributed by atoms with van der Waals surface area (Å²) in [5, 5.41) is 18.5. The summed E-state index contributed by atoms with van der Waals surface area (Å²) in [5.41, 5.74) is 1.59. The molecule has 28 heavy (non-hydrogen) atoms. The maximum absolute atomic E-state index is 12.8. The summed E-state index contributed by atoms with van der Waals surface area (Å²) in [6.07, 6.45) is 4.76. The van der Waals surface area contributed by atoms with E-state index in [1.54, 1.807) is 6.20 Å². The molecule has 6 heteroatoms. The number of piperidine rings is 1. The van der Waals surface area contributed by atoms with Crippen molar-refractivity contribution in [2.75, 3.05) is 52.4 Å². The van der Waals surface area contributed by atoms with E-state index in [0.29, 0.717) is 12.5 Å². The van der Waals surface area contributed by atoms with Crippen molar-refractivity contribution in [3.8, 4) is 6.07 Å². The number of β-amino-alcohol motifs (C(OH)–C–C–N with tert-alkyl or cyclic N) is 1. The monoisotopic (exact) mass is 382 g/mol. The maximum Gasteiger partial charge on any atom is 0.266 e. The van der Waals surface area contributed by atoms with Gasteiger partial charge in [-0.1, -0.05) is 30.3 Å². The Morgan fingerprint density at radius 3 is 2.39 bits per heavy atom. The Morgan fingerprint density at radius 2 is 1.79 bits per heavy atom. The fourth-order valence-corrected chi connectivity index (χ4v) is 4.03. The third-order valence-corrected chi connectivity index (χ3v) is 5.75. The highest BCUT2D eigenvalue weighted by atomic mass is 16.3. The molecule has 0 bridgehead atoms. The highest BCUT2D eigenvalue weighted by Crippen LogP contribution is 2.22. The van der Waals surface area contributed by atoms with Crippen molar-refractivity contribution in [2.24, 2.45) is 5.92 Å². The summed E-state index contributed by atoms with van der Waals surface area (Å²) in [6, 6.07) is 12.6. The normalized spacial score (nSPS) is 19.5. The zero-order valence-corrected chi connectivity index (χ0v) is 16.5. The minimum Gasteiger partial charge on any atom is -0.395 e. The standard InChI is InChI=1S/C22H30N4O2/c23-17-21(18-25-12-10-24(11-13-25)14-15-27)22(28)26-8-6-20(7-9-26)16-19-4-2-1-3-5-19/h1-5,18,20,27H,6-16H2/b21-18-. The molecule has 3 rings (SSSR count). The van der Waals surface area contributed by atoms with E-state index in [9.17, 15) is 10.1 Å². The van der Waals surface area contributed by atoms with E-state index in [0.717, 1.165) is 58.5 Å². The summed E-state index contributed by atoms with van der Waals surface area (Å²) in [5.74, 6) is 0.457. The Balaban J connectivity index is 1.50. The lowest BCUT2D eigenvalue weighted by atomic mass is 9.90. The van der Waals surface area contributed by atoms with Crippen molar-refractivity contribution in [2.45, 2.75) is 19.3 Å². The summed E-state index contributed by atoms with van der Waals surface area (Å²) in [6.45, 7) is 5.52. The number of benzene rings is 1. The third-order valence-electron chi connectivity index (χ3n) is 5.75. The van der Waals surface area contributed by atoms with Crippen molar-refractivity contribution in [3.05, 3.63) is 47.7 Å². The van der Waals surface area contributed by atoms with Crippen LogP contribution in [0.3, 0.4) is 0 Å². The van der Waals surface area contributed by atoms with Crippen LogP contribution in [0.2, 0.25) is 0 Å². The van der Waals surface area contributed by atoms with E-state index in [-0.39, 0.29) is 18.1 Å². The van der Waals surface area contributed by atoms with Crippen molar-refractivity contribution < 1.29 is 9.90 Å². The number of nitriles is 1. The molecule has 0 saturated carbocycles. The molecule has 2 fully saturated rings. The number of hydrogen-bond donors (Lipinski definition) is 1. The first-order valence-electron chi connectivity index (χ1n) is 10.2. The van der Waals surface area contributed by atoms with Gasteiger partial charge in [0.05, 0.1) is 6.61 Å². The number of nitrogens with zero attached hydrogens (tertiary/aromatic N) is 4. The third kappa shape index (κ3) is 5.57. The van der Waals surface area contributed by atoms with Crippen LogP contribution in [0.25, 0.3) is 0 Å². The Hall–Kier alpha value is -2.36. The molecular weight excluding hydrogens is 352 g/mol. The van der Waals surface area contributed by atoms with Crippen LogP contribution in [-0.2, 0) is 11.2 Å². The minimum absolute atomic E-state index is 0.140. The second-order valence-corrected chi connectivity index (χ2v) is 7.68. The lowest BCUT2D eigenvalue weighted by molar-refractivity contribution is -0.128. The molecule has 150 valence electrons. The Labute approximate surface area is 167 Å². The van der Waals surface area contributed by atoms with Gasteiger partial charge in [-0.2, -0.15) is 5.26 Å². The number of carbonyl (C=O) groups is 1. The predicted octanol–water partition coefficient (Wildman–Crippen LogP) is 1.49. The number of rotatable bonds is 6. The zero-order valence-electron chi connectivity index (χ0n) is 16.5. The van der Waals surface area contributed by atoms with Crippen LogP contribution >= 0.6 is 0 Å². The first kappa shape index (κ1) is 20.4. The minimum atomic E-state index is -0.140. The van der Waals surface area contributed by atoms with Crippen LogP contribution in [0.1, 0.15) is 18.4 Å². The summed E-state index contributed by atoms with van der Waals surface area (Å²) >= 11 is 0. The smallest absolute Gasteiger partial charge is 0.266 e. The Kier molecular flexibility index (Phi) is 7.46. The van der Waals surface area contributed by atoms with E-state index < -0.39 is 0 Å². The highest BCUT2D eigenvalue weighted by Gasteiger charge is 2.26. The van der Waals surface area contributed by atoms with E-state index >= 15 is 0 Å². The number of aliphatic hydroxyl groups excluding tert-OH is 1. The van der Waals surface area contributed by atoms with E-state index in [1.165, 1.54) is 5.56 Å². The maximum atomic E-state index is 12.8. The predicted molar refractivity (Wildman–Crippen MR) is 108 cm³/mol. The van der Waals surface area contributed by atoms with Gasteiger partial charge in [0, 0.05) is 52.0 Å². The van der Waals surface area contributed by atoms with Crippen LogP contribution in [0.4, 0.5) is 0 Å².